The molecule has 2 N–H and O–H groups in total. The van der Waals surface area contributed by atoms with E-state index < -0.39 is 17.5 Å². The number of carbonyl (C=O) groups excluding carboxylic acids is 2. The minimum atomic E-state index is -0.590. The Balaban J connectivity index is 1.91. The number of aryl methyl sites for hydroxylation is 1. The fraction of sp³-hybridized carbons (Fsp3) is 0.368. The summed E-state index contributed by atoms with van der Waals surface area (Å²) in [5.41, 5.74) is 1.31. The Hall–Kier alpha value is -2.96. The van der Waals surface area contributed by atoms with Crippen molar-refractivity contribution in [2.75, 3.05) is 13.1 Å². The van der Waals surface area contributed by atoms with Crippen molar-refractivity contribution in [3.8, 4) is 11.4 Å². The maximum Gasteiger partial charge on any atom is 0.264 e. The summed E-state index contributed by atoms with van der Waals surface area (Å²) in [6, 6.07) is 6.98. The second kappa shape index (κ2) is 7.11. The summed E-state index contributed by atoms with van der Waals surface area (Å²) in [6.07, 6.45) is 1.29. The number of hydrogen-bond donors (Lipinski definition) is 2. The van der Waals surface area contributed by atoms with Crippen molar-refractivity contribution in [2.45, 2.75) is 26.8 Å². The van der Waals surface area contributed by atoms with Crippen molar-refractivity contribution in [2.24, 2.45) is 5.92 Å². The van der Waals surface area contributed by atoms with E-state index in [1.807, 2.05) is 45.0 Å². The Morgan fingerprint density at radius 1 is 1.23 bits per heavy atom. The third-order valence-electron chi connectivity index (χ3n) is 4.50. The highest BCUT2D eigenvalue weighted by atomic mass is 16.2. The lowest BCUT2D eigenvalue weighted by Gasteiger charge is -2.37. The molecule has 1 aliphatic rings. The molecule has 1 aliphatic heterocycles. The number of aromatic nitrogens is 2. The molecule has 0 aliphatic carbocycles. The first-order valence-corrected chi connectivity index (χ1v) is 8.63. The summed E-state index contributed by atoms with van der Waals surface area (Å²) in [7, 11) is 0. The quantitative estimate of drug-likeness (QED) is 0.870. The molecule has 136 valence electrons. The van der Waals surface area contributed by atoms with Gasteiger partial charge in [0.25, 0.3) is 11.5 Å². The van der Waals surface area contributed by atoms with Gasteiger partial charge in [-0.3, -0.25) is 14.4 Å². The first-order chi connectivity index (χ1) is 12.4. The van der Waals surface area contributed by atoms with Crippen molar-refractivity contribution >= 4 is 11.8 Å². The smallest absolute Gasteiger partial charge is 0.264 e. The van der Waals surface area contributed by atoms with E-state index in [-0.39, 0.29) is 17.4 Å². The van der Waals surface area contributed by atoms with Gasteiger partial charge in [-0.25, -0.2) is 4.98 Å². The SMILES string of the molecule is Cc1ccc(-c2ncc(C(=O)N3CCNC(=O)[C@@H]3C(C)C)c(=O)[nH]2)cc1. The number of amides is 2. The largest absolute Gasteiger partial charge is 0.353 e. The van der Waals surface area contributed by atoms with Gasteiger partial charge in [-0.2, -0.15) is 0 Å². The van der Waals surface area contributed by atoms with Gasteiger partial charge in [-0.15, -0.1) is 0 Å². The van der Waals surface area contributed by atoms with Crippen LogP contribution in [0.5, 0.6) is 0 Å². The molecule has 0 saturated carbocycles. The monoisotopic (exact) mass is 354 g/mol. The summed E-state index contributed by atoms with van der Waals surface area (Å²) < 4.78 is 0. The maximum absolute atomic E-state index is 12.9. The number of nitrogens with zero attached hydrogens (tertiary/aromatic N) is 2. The summed E-state index contributed by atoms with van der Waals surface area (Å²) in [4.78, 5) is 45.8. The molecule has 3 rings (SSSR count). The number of piperazine rings is 1. The van der Waals surface area contributed by atoms with Gasteiger partial charge in [0.15, 0.2) is 0 Å². The maximum atomic E-state index is 12.9. The predicted octanol–water partition coefficient (Wildman–Crippen LogP) is 1.34. The van der Waals surface area contributed by atoms with Crippen LogP contribution in [-0.2, 0) is 4.79 Å². The van der Waals surface area contributed by atoms with Gasteiger partial charge in [-0.1, -0.05) is 43.7 Å². The number of nitrogens with one attached hydrogen (secondary N) is 2. The highest BCUT2D eigenvalue weighted by Crippen LogP contribution is 2.17. The zero-order valence-electron chi connectivity index (χ0n) is 15.1. The van der Waals surface area contributed by atoms with Crippen molar-refractivity contribution in [3.63, 3.8) is 0 Å². The van der Waals surface area contributed by atoms with E-state index in [9.17, 15) is 14.4 Å². The van der Waals surface area contributed by atoms with Gasteiger partial charge >= 0.3 is 0 Å². The predicted molar refractivity (Wildman–Crippen MR) is 97.7 cm³/mol. The molecule has 1 atom stereocenters. The van der Waals surface area contributed by atoms with Crippen molar-refractivity contribution in [3.05, 3.63) is 51.9 Å². The first kappa shape index (κ1) is 17.8. The van der Waals surface area contributed by atoms with Crippen LogP contribution in [-0.4, -0.2) is 45.8 Å². The number of hydrogen-bond acceptors (Lipinski definition) is 4. The molecule has 1 saturated heterocycles. The summed E-state index contributed by atoms with van der Waals surface area (Å²) >= 11 is 0. The van der Waals surface area contributed by atoms with Gasteiger partial charge in [0.2, 0.25) is 5.91 Å². The summed E-state index contributed by atoms with van der Waals surface area (Å²) in [5, 5.41) is 2.77. The van der Waals surface area contributed by atoms with E-state index in [0.29, 0.717) is 18.9 Å². The number of rotatable bonds is 3. The Bertz CT molecular complexity index is 886. The van der Waals surface area contributed by atoms with Crippen LogP contribution in [0.1, 0.15) is 29.8 Å². The van der Waals surface area contributed by atoms with Gasteiger partial charge in [0.05, 0.1) is 0 Å². The molecule has 1 aromatic heterocycles. The number of carbonyl (C=O) groups is 2. The van der Waals surface area contributed by atoms with Crippen molar-refractivity contribution in [1.29, 1.82) is 0 Å². The molecule has 1 aromatic carbocycles. The molecule has 7 heteroatoms. The molecular weight excluding hydrogens is 332 g/mol. The third kappa shape index (κ3) is 3.37. The van der Waals surface area contributed by atoms with E-state index in [4.69, 9.17) is 0 Å². The average molecular weight is 354 g/mol. The van der Waals surface area contributed by atoms with Crippen molar-refractivity contribution < 1.29 is 9.59 Å². The standard InChI is InChI=1S/C19H22N4O3/c1-11(2)15-18(25)20-8-9-23(15)19(26)14-10-21-16(22-17(14)24)13-6-4-12(3)5-7-13/h4-7,10-11,15H,8-9H2,1-3H3,(H,20,25)(H,21,22,24)/t15-/m0/s1. The van der Waals surface area contributed by atoms with Crippen LogP contribution in [0.25, 0.3) is 11.4 Å². The van der Waals surface area contributed by atoms with Crippen LogP contribution in [0.4, 0.5) is 0 Å². The second-order valence-corrected chi connectivity index (χ2v) is 6.82. The minimum Gasteiger partial charge on any atom is -0.353 e. The first-order valence-electron chi connectivity index (χ1n) is 8.63. The van der Waals surface area contributed by atoms with E-state index >= 15 is 0 Å². The Morgan fingerprint density at radius 2 is 1.92 bits per heavy atom. The Kier molecular flexibility index (Phi) is 4.88. The molecule has 2 amide bonds. The van der Waals surface area contributed by atoms with E-state index in [0.717, 1.165) is 11.1 Å². The number of H-pyrrole nitrogens is 1. The molecule has 26 heavy (non-hydrogen) atoms. The zero-order chi connectivity index (χ0) is 18.8. The van der Waals surface area contributed by atoms with E-state index in [1.165, 1.54) is 11.1 Å². The van der Waals surface area contributed by atoms with Crippen LogP contribution >= 0.6 is 0 Å². The Labute approximate surface area is 151 Å². The lowest BCUT2D eigenvalue weighted by molar-refractivity contribution is -0.129. The molecule has 2 heterocycles. The third-order valence-corrected chi connectivity index (χ3v) is 4.50. The molecule has 7 nitrogen and oxygen atoms in total. The highest BCUT2D eigenvalue weighted by molar-refractivity contribution is 5.98. The number of aromatic amines is 1. The van der Waals surface area contributed by atoms with Gasteiger partial charge in [0.1, 0.15) is 17.4 Å². The fourth-order valence-corrected chi connectivity index (χ4v) is 3.14. The molecule has 1 fully saturated rings. The normalized spacial score (nSPS) is 17.3. The highest BCUT2D eigenvalue weighted by Gasteiger charge is 2.36. The lowest BCUT2D eigenvalue weighted by Crippen LogP contribution is -2.59. The van der Waals surface area contributed by atoms with Crippen LogP contribution in [0.2, 0.25) is 0 Å². The van der Waals surface area contributed by atoms with Gasteiger partial charge in [-0.05, 0) is 12.8 Å². The van der Waals surface area contributed by atoms with E-state index in [1.54, 1.807) is 0 Å². The Morgan fingerprint density at radius 3 is 2.54 bits per heavy atom. The van der Waals surface area contributed by atoms with Crippen LogP contribution in [0, 0.1) is 12.8 Å². The van der Waals surface area contributed by atoms with Gasteiger partial charge in [0, 0.05) is 24.8 Å². The van der Waals surface area contributed by atoms with Crippen LogP contribution in [0.3, 0.4) is 0 Å². The molecule has 0 radical (unpaired) electrons. The average Bonchev–Trinajstić information content (AvgIpc) is 2.61. The van der Waals surface area contributed by atoms with Gasteiger partial charge < -0.3 is 15.2 Å². The fourth-order valence-electron chi connectivity index (χ4n) is 3.14. The molecule has 0 spiro atoms. The molecule has 0 unspecified atom stereocenters. The van der Waals surface area contributed by atoms with E-state index in [2.05, 4.69) is 15.3 Å². The van der Waals surface area contributed by atoms with Crippen LogP contribution < -0.4 is 10.9 Å². The molecule has 2 aromatic rings. The molecule has 0 bridgehead atoms. The van der Waals surface area contributed by atoms with Crippen LogP contribution in [0.15, 0.2) is 35.3 Å². The second-order valence-electron chi connectivity index (χ2n) is 6.82. The summed E-state index contributed by atoms with van der Waals surface area (Å²) in [5.74, 6) is -0.315. The topological polar surface area (TPSA) is 95.2 Å². The van der Waals surface area contributed by atoms with Crippen molar-refractivity contribution in [1.82, 2.24) is 20.2 Å². The summed E-state index contributed by atoms with van der Waals surface area (Å²) in [6.45, 7) is 6.46. The minimum absolute atomic E-state index is 0.0544. The molecular formula is C19H22N4O3. The number of benzene rings is 1. The zero-order valence-corrected chi connectivity index (χ0v) is 15.1. The lowest BCUT2D eigenvalue weighted by atomic mass is 9.99.